The normalized spacial score (nSPS) is 11.8. The SMILES string of the molecule is OCCN(CC(F)(F)F)c1nccc2c(Br)cccc12. The highest BCUT2D eigenvalue weighted by Crippen LogP contribution is 2.31. The lowest BCUT2D eigenvalue weighted by Gasteiger charge is -2.25. The molecule has 0 unspecified atom stereocenters. The van der Waals surface area contributed by atoms with E-state index in [9.17, 15) is 13.2 Å². The molecule has 2 rings (SSSR count). The molecule has 0 saturated carbocycles. The van der Waals surface area contributed by atoms with Gasteiger partial charge in [0.25, 0.3) is 0 Å². The number of alkyl halides is 3. The van der Waals surface area contributed by atoms with E-state index in [2.05, 4.69) is 20.9 Å². The molecule has 1 aromatic carbocycles. The van der Waals surface area contributed by atoms with Crippen LogP contribution in [0.3, 0.4) is 0 Å². The average Bonchev–Trinajstić information content (AvgIpc) is 2.37. The summed E-state index contributed by atoms with van der Waals surface area (Å²) >= 11 is 3.36. The third-order valence-corrected chi connectivity index (χ3v) is 3.46. The Morgan fingerprint density at radius 3 is 2.60 bits per heavy atom. The van der Waals surface area contributed by atoms with Crippen LogP contribution in [0, 0.1) is 0 Å². The van der Waals surface area contributed by atoms with Gasteiger partial charge in [-0.25, -0.2) is 4.98 Å². The average molecular weight is 349 g/mol. The number of benzene rings is 1. The maximum absolute atomic E-state index is 12.6. The van der Waals surface area contributed by atoms with E-state index in [1.807, 2.05) is 6.07 Å². The Morgan fingerprint density at radius 2 is 1.95 bits per heavy atom. The van der Waals surface area contributed by atoms with Crippen LogP contribution in [0.5, 0.6) is 0 Å². The number of rotatable bonds is 4. The van der Waals surface area contributed by atoms with Crippen molar-refractivity contribution in [1.29, 1.82) is 0 Å². The summed E-state index contributed by atoms with van der Waals surface area (Å²) in [6, 6.07) is 6.99. The fourth-order valence-electron chi connectivity index (χ4n) is 2.00. The third kappa shape index (κ3) is 3.40. The first-order valence-corrected chi connectivity index (χ1v) is 6.67. The highest BCUT2D eigenvalue weighted by molar-refractivity contribution is 9.10. The Morgan fingerprint density at radius 1 is 1.20 bits per heavy atom. The molecule has 108 valence electrons. The minimum atomic E-state index is -4.36. The number of nitrogens with zero attached hydrogens (tertiary/aromatic N) is 2. The molecular weight excluding hydrogens is 337 g/mol. The van der Waals surface area contributed by atoms with Gasteiger partial charge in [0.15, 0.2) is 0 Å². The molecule has 0 fully saturated rings. The summed E-state index contributed by atoms with van der Waals surface area (Å²) in [7, 11) is 0. The van der Waals surface area contributed by atoms with Gasteiger partial charge in [-0.3, -0.25) is 0 Å². The molecule has 2 aromatic rings. The van der Waals surface area contributed by atoms with Crippen molar-refractivity contribution in [3.63, 3.8) is 0 Å². The Bertz CT molecular complexity index is 604. The lowest BCUT2D eigenvalue weighted by molar-refractivity contribution is -0.119. The predicted molar refractivity (Wildman–Crippen MR) is 74.8 cm³/mol. The molecule has 20 heavy (non-hydrogen) atoms. The standard InChI is InChI=1S/C13H12BrF3N2O/c14-11-3-1-2-10-9(11)4-5-18-12(10)19(6-7-20)8-13(15,16)17/h1-5,20H,6-8H2. The van der Waals surface area contributed by atoms with Crippen molar-refractivity contribution in [2.45, 2.75) is 6.18 Å². The van der Waals surface area contributed by atoms with E-state index >= 15 is 0 Å². The Hall–Kier alpha value is -1.34. The minimum absolute atomic E-state index is 0.127. The van der Waals surface area contributed by atoms with E-state index in [1.165, 1.54) is 6.20 Å². The van der Waals surface area contributed by atoms with Gasteiger partial charge in [-0.15, -0.1) is 0 Å². The molecule has 7 heteroatoms. The topological polar surface area (TPSA) is 36.4 Å². The summed E-state index contributed by atoms with van der Waals surface area (Å²) in [5.74, 6) is 0.218. The monoisotopic (exact) mass is 348 g/mol. The number of aliphatic hydroxyl groups excluding tert-OH is 1. The van der Waals surface area contributed by atoms with Crippen LogP contribution in [0.15, 0.2) is 34.9 Å². The number of hydrogen-bond acceptors (Lipinski definition) is 3. The third-order valence-electron chi connectivity index (χ3n) is 2.77. The summed E-state index contributed by atoms with van der Waals surface area (Å²) < 4.78 is 38.7. The molecule has 0 saturated heterocycles. The van der Waals surface area contributed by atoms with Crippen LogP contribution >= 0.6 is 15.9 Å². The van der Waals surface area contributed by atoms with E-state index in [0.717, 1.165) is 14.8 Å². The van der Waals surface area contributed by atoms with Crippen LogP contribution in [-0.2, 0) is 0 Å². The zero-order chi connectivity index (χ0) is 14.8. The van der Waals surface area contributed by atoms with E-state index in [0.29, 0.717) is 5.39 Å². The van der Waals surface area contributed by atoms with Gasteiger partial charge in [0.1, 0.15) is 12.4 Å². The second-order valence-electron chi connectivity index (χ2n) is 4.23. The van der Waals surface area contributed by atoms with Gasteiger partial charge in [0.2, 0.25) is 0 Å². The quantitative estimate of drug-likeness (QED) is 0.920. The molecule has 0 spiro atoms. The van der Waals surface area contributed by atoms with Crippen LogP contribution in [-0.4, -0.2) is 36.0 Å². The smallest absolute Gasteiger partial charge is 0.395 e. The first-order chi connectivity index (χ1) is 9.42. The lowest BCUT2D eigenvalue weighted by Crippen LogP contribution is -2.36. The number of anilines is 1. The molecule has 1 N–H and O–H groups in total. The first-order valence-electron chi connectivity index (χ1n) is 5.88. The van der Waals surface area contributed by atoms with Gasteiger partial charge in [0.05, 0.1) is 6.61 Å². The van der Waals surface area contributed by atoms with Crippen molar-refractivity contribution >= 4 is 32.5 Å². The van der Waals surface area contributed by atoms with E-state index in [4.69, 9.17) is 5.11 Å². The van der Waals surface area contributed by atoms with Crippen LogP contribution in [0.1, 0.15) is 0 Å². The number of halogens is 4. The van der Waals surface area contributed by atoms with Crippen molar-refractivity contribution in [2.24, 2.45) is 0 Å². The van der Waals surface area contributed by atoms with Gasteiger partial charge in [-0.2, -0.15) is 13.2 Å². The predicted octanol–water partition coefficient (Wildman–Crippen LogP) is 3.36. The number of hydrogen-bond donors (Lipinski definition) is 1. The van der Waals surface area contributed by atoms with Crippen molar-refractivity contribution in [3.8, 4) is 0 Å². The van der Waals surface area contributed by atoms with Gasteiger partial charge in [0, 0.05) is 28.0 Å². The first kappa shape index (κ1) is 15.1. The number of aromatic nitrogens is 1. The fourth-order valence-corrected chi connectivity index (χ4v) is 2.50. The highest BCUT2D eigenvalue weighted by atomic mass is 79.9. The molecule has 0 aliphatic heterocycles. The second-order valence-corrected chi connectivity index (χ2v) is 5.08. The summed E-state index contributed by atoms with van der Waals surface area (Å²) in [5, 5.41) is 10.4. The molecule has 0 aliphatic carbocycles. The van der Waals surface area contributed by atoms with Crippen LogP contribution < -0.4 is 4.90 Å². The zero-order valence-electron chi connectivity index (χ0n) is 10.4. The summed E-state index contributed by atoms with van der Waals surface area (Å²) in [6.07, 6.45) is -2.89. The number of pyridine rings is 1. The van der Waals surface area contributed by atoms with Gasteiger partial charge < -0.3 is 10.0 Å². The molecule has 0 bridgehead atoms. The molecule has 1 aromatic heterocycles. The van der Waals surface area contributed by atoms with Crippen LogP contribution in [0.25, 0.3) is 10.8 Å². The van der Waals surface area contributed by atoms with Gasteiger partial charge >= 0.3 is 6.18 Å². The Labute approximate surface area is 122 Å². The second kappa shape index (κ2) is 5.97. The summed E-state index contributed by atoms with van der Waals surface area (Å²) in [5.41, 5.74) is 0. The van der Waals surface area contributed by atoms with Gasteiger partial charge in [-0.1, -0.05) is 28.1 Å². The molecule has 0 atom stereocenters. The van der Waals surface area contributed by atoms with E-state index < -0.39 is 12.7 Å². The molecule has 0 radical (unpaired) electrons. The Kier molecular flexibility index (Phi) is 4.49. The molecular formula is C13H12BrF3N2O. The summed E-state index contributed by atoms with van der Waals surface area (Å²) in [4.78, 5) is 5.08. The van der Waals surface area contributed by atoms with E-state index in [-0.39, 0.29) is 19.0 Å². The molecule has 1 heterocycles. The van der Waals surface area contributed by atoms with Crippen LogP contribution in [0.4, 0.5) is 19.0 Å². The fraction of sp³-hybridized carbons (Fsp3) is 0.308. The molecule has 0 aliphatic rings. The minimum Gasteiger partial charge on any atom is -0.395 e. The highest BCUT2D eigenvalue weighted by Gasteiger charge is 2.31. The largest absolute Gasteiger partial charge is 0.405 e. The summed E-state index contributed by atoms with van der Waals surface area (Å²) in [6.45, 7) is -1.65. The van der Waals surface area contributed by atoms with Crippen molar-refractivity contribution in [1.82, 2.24) is 4.98 Å². The van der Waals surface area contributed by atoms with Crippen LogP contribution in [0.2, 0.25) is 0 Å². The van der Waals surface area contributed by atoms with Crippen molar-refractivity contribution < 1.29 is 18.3 Å². The zero-order valence-corrected chi connectivity index (χ0v) is 11.9. The van der Waals surface area contributed by atoms with Gasteiger partial charge in [-0.05, 0) is 12.1 Å². The van der Waals surface area contributed by atoms with Crippen molar-refractivity contribution in [3.05, 3.63) is 34.9 Å². The molecule has 0 amide bonds. The number of aliphatic hydroxyl groups is 1. The lowest BCUT2D eigenvalue weighted by atomic mass is 10.1. The molecule has 3 nitrogen and oxygen atoms in total. The van der Waals surface area contributed by atoms with Crippen molar-refractivity contribution in [2.75, 3.05) is 24.6 Å². The Balaban J connectivity index is 2.50. The maximum atomic E-state index is 12.6. The maximum Gasteiger partial charge on any atom is 0.405 e. The number of fused-ring (bicyclic) bond motifs is 1. The van der Waals surface area contributed by atoms with E-state index in [1.54, 1.807) is 18.2 Å².